The Morgan fingerprint density at radius 2 is 1.85 bits per heavy atom. The molecule has 20 heavy (non-hydrogen) atoms. The summed E-state index contributed by atoms with van der Waals surface area (Å²) in [5.74, 6) is 0.723. The lowest BCUT2D eigenvalue weighted by Crippen LogP contribution is -2.26. The Morgan fingerprint density at radius 3 is 2.55 bits per heavy atom. The normalized spacial score (nSPS) is 16.5. The van der Waals surface area contributed by atoms with Crippen molar-refractivity contribution in [3.63, 3.8) is 0 Å². The van der Waals surface area contributed by atoms with Crippen LogP contribution in [0.15, 0.2) is 24.3 Å². The highest BCUT2D eigenvalue weighted by Gasteiger charge is 2.20. The van der Waals surface area contributed by atoms with Crippen LogP contribution in [0.2, 0.25) is 0 Å². The van der Waals surface area contributed by atoms with Crippen molar-refractivity contribution < 1.29 is 0 Å². The molecule has 1 aliphatic heterocycles. The van der Waals surface area contributed by atoms with Crippen LogP contribution in [-0.2, 0) is 6.42 Å². The molecule has 1 N–H and O–H groups in total. The highest BCUT2D eigenvalue weighted by Crippen LogP contribution is 2.33. The summed E-state index contributed by atoms with van der Waals surface area (Å²) < 4.78 is 0. The predicted molar refractivity (Wildman–Crippen MR) is 85.7 cm³/mol. The number of thiazole rings is 1. The third kappa shape index (κ3) is 3.10. The monoisotopic (exact) mass is 286 g/mol. The number of piperidine rings is 1. The zero-order valence-electron chi connectivity index (χ0n) is 12.3. The molecule has 1 saturated heterocycles. The van der Waals surface area contributed by atoms with Gasteiger partial charge in [-0.2, -0.15) is 0 Å². The average molecular weight is 286 g/mol. The summed E-state index contributed by atoms with van der Waals surface area (Å²) in [6.07, 6.45) is 3.48. The van der Waals surface area contributed by atoms with Gasteiger partial charge in [0.2, 0.25) is 0 Å². The summed E-state index contributed by atoms with van der Waals surface area (Å²) in [5, 5.41) is 4.70. The molecule has 0 radical (unpaired) electrons. The number of rotatable bonds is 3. The molecule has 106 valence electrons. The summed E-state index contributed by atoms with van der Waals surface area (Å²) in [4.78, 5) is 6.32. The second-order valence-electron chi connectivity index (χ2n) is 5.74. The number of aromatic nitrogens is 1. The minimum atomic E-state index is 0.723. The molecule has 1 aliphatic rings. The Kier molecular flexibility index (Phi) is 4.18. The third-order valence-corrected chi connectivity index (χ3v) is 5.38. The number of hydrogen-bond acceptors (Lipinski definition) is 3. The number of nitrogens with zero attached hydrogens (tertiary/aromatic N) is 1. The van der Waals surface area contributed by atoms with Crippen molar-refractivity contribution in [1.29, 1.82) is 0 Å². The Labute approximate surface area is 125 Å². The molecule has 3 rings (SSSR count). The van der Waals surface area contributed by atoms with Crippen LogP contribution in [0.25, 0.3) is 0 Å². The van der Waals surface area contributed by atoms with Gasteiger partial charge in [0, 0.05) is 11.3 Å². The molecule has 2 aromatic rings. The summed E-state index contributed by atoms with van der Waals surface area (Å²) in [7, 11) is 0. The molecule has 0 aliphatic carbocycles. The third-order valence-electron chi connectivity index (χ3n) is 4.06. The van der Waals surface area contributed by atoms with Gasteiger partial charge in [0.05, 0.1) is 10.7 Å². The molecule has 0 bridgehead atoms. The first-order valence-electron chi connectivity index (χ1n) is 7.45. The SMILES string of the molecule is Cc1ccc(Cc2nc(C)c(C3CCNCC3)s2)cc1. The first kappa shape index (κ1) is 13.8. The van der Waals surface area contributed by atoms with Gasteiger partial charge in [-0.1, -0.05) is 29.8 Å². The molecule has 1 aromatic heterocycles. The van der Waals surface area contributed by atoms with Gasteiger partial charge in [-0.15, -0.1) is 11.3 Å². The Morgan fingerprint density at radius 1 is 1.15 bits per heavy atom. The van der Waals surface area contributed by atoms with Crippen molar-refractivity contribution in [3.05, 3.63) is 51.0 Å². The fourth-order valence-electron chi connectivity index (χ4n) is 2.88. The highest BCUT2D eigenvalue weighted by molar-refractivity contribution is 7.11. The summed E-state index contributed by atoms with van der Waals surface area (Å²) in [5.41, 5.74) is 3.93. The minimum absolute atomic E-state index is 0.723. The van der Waals surface area contributed by atoms with Crippen LogP contribution in [0, 0.1) is 13.8 Å². The quantitative estimate of drug-likeness (QED) is 0.928. The molecule has 1 fully saturated rings. The van der Waals surface area contributed by atoms with Crippen LogP contribution >= 0.6 is 11.3 Å². The molecular formula is C17H22N2S. The van der Waals surface area contributed by atoms with E-state index in [-0.39, 0.29) is 0 Å². The van der Waals surface area contributed by atoms with Gasteiger partial charge in [-0.05, 0) is 51.3 Å². The van der Waals surface area contributed by atoms with Gasteiger partial charge in [-0.25, -0.2) is 4.98 Å². The lowest BCUT2D eigenvalue weighted by Gasteiger charge is -2.21. The minimum Gasteiger partial charge on any atom is -0.317 e. The van der Waals surface area contributed by atoms with Crippen molar-refractivity contribution >= 4 is 11.3 Å². The van der Waals surface area contributed by atoms with Gasteiger partial charge in [-0.3, -0.25) is 0 Å². The first-order chi connectivity index (χ1) is 9.72. The maximum atomic E-state index is 4.80. The van der Waals surface area contributed by atoms with Crippen molar-refractivity contribution in [3.8, 4) is 0 Å². The zero-order valence-corrected chi connectivity index (χ0v) is 13.1. The van der Waals surface area contributed by atoms with Crippen LogP contribution in [0.4, 0.5) is 0 Å². The Bertz CT molecular complexity index is 565. The van der Waals surface area contributed by atoms with Crippen molar-refractivity contribution in [1.82, 2.24) is 10.3 Å². The van der Waals surface area contributed by atoms with Crippen LogP contribution in [-0.4, -0.2) is 18.1 Å². The molecular weight excluding hydrogens is 264 g/mol. The van der Waals surface area contributed by atoms with Gasteiger partial charge < -0.3 is 5.32 Å². The van der Waals surface area contributed by atoms with E-state index in [1.807, 2.05) is 11.3 Å². The second-order valence-corrected chi connectivity index (χ2v) is 6.86. The van der Waals surface area contributed by atoms with E-state index in [2.05, 4.69) is 43.4 Å². The summed E-state index contributed by atoms with van der Waals surface area (Å²) in [6, 6.07) is 8.81. The van der Waals surface area contributed by atoms with Crippen molar-refractivity contribution in [2.24, 2.45) is 0 Å². The Hall–Kier alpha value is -1.19. The topological polar surface area (TPSA) is 24.9 Å². The van der Waals surface area contributed by atoms with Crippen LogP contribution in [0.5, 0.6) is 0 Å². The van der Waals surface area contributed by atoms with E-state index in [1.165, 1.54) is 39.5 Å². The standard InChI is InChI=1S/C17H22N2S/c1-12-3-5-14(6-4-12)11-16-19-13(2)17(20-16)15-7-9-18-10-8-15/h3-6,15,18H,7-11H2,1-2H3. The van der Waals surface area contributed by atoms with E-state index in [9.17, 15) is 0 Å². The summed E-state index contributed by atoms with van der Waals surface area (Å²) in [6.45, 7) is 6.60. The average Bonchev–Trinajstić information content (AvgIpc) is 2.83. The molecule has 0 atom stereocenters. The van der Waals surface area contributed by atoms with E-state index >= 15 is 0 Å². The number of aryl methyl sites for hydroxylation is 2. The molecule has 0 spiro atoms. The van der Waals surface area contributed by atoms with Crippen molar-refractivity contribution in [2.45, 2.75) is 39.0 Å². The van der Waals surface area contributed by atoms with Gasteiger partial charge in [0.25, 0.3) is 0 Å². The lowest BCUT2D eigenvalue weighted by molar-refractivity contribution is 0.463. The van der Waals surface area contributed by atoms with E-state index in [0.29, 0.717) is 0 Å². The van der Waals surface area contributed by atoms with E-state index in [4.69, 9.17) is 4.98 Å². The largest absolute Gasteiger partial charge is 0.317 e. The van der Waals surface area contributed by atoms with Crippen molar-refractivity contribution in [2.75, 3.05) is 13.1 Å². The van der Waals surface area contributed by atoms with E-state index < -0.39 is 0 Å². The highest BCUT2D eigenvalue weighted by atomic mass is 32.1. The molecule has 3 heteroatoms. The summed E-state index contributed by atoms with van der Waals surface area (Å²) >= 11 is 1.93. The van der Waals surface area contributed by atoms with E-state index in [1.54, 1.807) is 0 Å². The van der Waals surface area contributed by atoms with Gasteiger partial charge in [0.15, 0.2) is 0 Å². The number of nitrogens with one attached hydrogen (secondary N) is 1. The van der Waals surface area contributed by atoms with E-state index in [0.717, 1.165) is 25.4 Å². The van der Waals surface area contributed by atoms with Gasteiger partial charge >= 0.3 is 0 Å². The number of hydrogen-bond donors (Lipinski definition) is 1. The molecule has 2 heterocycles. The maximum absolute atomic E-state index is 4.80. The fraction of sp³-hybridized carbons (Fsp3) is 0.471. The predicted octanol–water partition coefficient (Wildman–Crippen LogP) is 3.82. The van der Waals surface area contributed by atoms with Crippen LogP contribution in [0.3, 0.4) is 0 Å². The molecule has 2 nitrogen and oxygen atoms in total. The molecule has 0 unspecified atom stereocenters. The fourth-order valence-corrected chi connectivity index (χ4v) is 4.16. The molecule has 0 saturated carbocycles. The number of benzene rings is 1. The second kappa shape index (κ2) is 6.06. The zero-order chi connectivity index (χ0) is 13.9. The lowest BCUT2D eigenvalue weighted by atomic mass is 9.96. The Balaban J connectivity index is 1.76. The molecule has 1 aromatic carbocycles. The molecule has 0 amide bonds. The first-order valence-corrected chi connectivity index (χ1v) is 8.26. The van der Waals surface area contributed by atoms with Gasteiger partial charge in [0.1, 0.15) is 0 Å². The smallest absolute Gasteiger partial charge is 0.0974 e. The van der Waals surface area contributed by atoms with Crippen LogP contribution in [0.1, 0.15) is 45.5 Å². The van der Waals surface area contributed by atoms with Crippen LogP contribution < -0.4 is 5.32 Å². The maximum Gasteiger partial charge on any atom is 0.0974 e.